The number of hydrogen-bond acceptors (Lipinski definition) is 5. The Kier molecular flexibility index (Phi) is 5.30. The minimum Gasteiger partial charge on any atom is -0.426 e. The van der Waals surface area contributed by atoms with Crippen LogP contribution in [-0.4, -0.2) is 35.0 Å². The molecular weight excluding hydrogens is 334 g/mol. The molecule has 1 fully saturated rings. The Labute approximate surface area is 151 Å². The first-order valence-electron chi connectivity index (χ1n) is 8.85. The Balaban J connectivity index is 1.53. The van der Waals surface area contributed by atoms with Gasteiger partial charge in [-0.1, -0.05) is 19.1 Å². The molecule has 6 heteroatoms. The summed E-state index contributed by atoms with van der Waals surface area (Å²) in [5.74, 6) is -1.13. The molecule has 6 nitrogen and oxygen atoms in total. The normalized spacial score (nSPS) is 21.7. The van der Waals surface area contributed by atoms with Crippen molar-refractivity contribution < 1.29 is 23.9 Å². The van der Waals surface area contributed by atoms with E-state index in [0.717, 1.165) is 0 Å². The van der Waals surface area contributed by atoms with E-state index in [1.807, 2.05) is 12.2 Å². The second kappa shape index (κ2) is 7.64. The number of amides is 2. The lowest BCUT2D eigenvalue weighted by Crippen LogP contribution is -2.33. The molecule has 2 aliphatic rings. The largest absolute Gasteiger partial charge is 0.426 e. The maximum Gasteiger partial charge on any atom is 0.312 e. The number of allylic oxidation sites excluding steroid dienone is 2. The van der Waals surface area contributed by atoms with E-state index in [4.69, 9.17) is 4.74 Å². The summed E-state index contributed by atoms with van der Waals surface area (Å²) in [6.07, 6.45) is 5.38. The number of hydrogen-bond donors (Lipinski definition) is 0. The molecule has 2 atom stereocenters. The Morgan fingerprint density at radius 2 is 1.62 bits per heavy atom. The van der Waals surface area contributed by atoms with Gasteiger partial charge in [-0.2, -0.15) is 0 Å². The number of carbonyl (C=O) groups is 4. The van der Waals surface area contributed by atoms with Crippen molar-refractivity contribution >= 4 is 23.6 Å². The van der Waals surface area contributed by atoms with Crippen LogP contribution in [-0.2, 0) is 14.4 Å². The maximum atomic E-state index is 12.3. The highest BCUT2D eigenvalue weighted by atomic mass is 16.5. The fourth-order valence-electron chi connectivity index (χ4n) is 3.39. The molecule has 26 heavy (non-hydrogen) atoms. The number of imide groups is 1. The van der Waals surface area contributed by atoms with Crippen LogP contribution in [0.15, 0.2) is 36.4 Å². The molecule has 1 heterocycles. The van der Waals surface area contributed by atoms with E-state index in [1.165, 1.54) is 4.90 Å². The van der Waals surface area contributed by atoms with E-state index < -0.39 is 5.97 Å². The first-order chi connectivity index (χ1) is 12.5. The quantitative estimate of drug-likeness (QED) is 0.257. The summed E-state index contributed by atoms with van der Waals surface area (Å²) in [6, 6.07) is 6.35. The van der Waals surface area contributed by atoms with Crippen LogP contribution >= 0.6 is 0 Å². The summed E-state index contributed by atoms with van der Waals surface area (Å²) in [7, 11) is 0. The zero-order valence-electron chi connectivity index (χ0n) is 14.6. The summed E-state index contributed by atoms with van der Waals surface area (Å²) in [5.41, 5.74) is 0.566. The van der Waals surface area contributed by atoms with E-state index in [0.29, 0.717) is 30.6 Å². The fraction of sp³-hybridized carbons (Fsp3) is 0.400. The molecule has 1 saturated heterocycles. The van der Waals surface area contributed by atoms with Crippen LogP contribution in [0.4, 0.5) is 0 Å². The number of Topliss-reactive ketones (excluding diaryl/α,β-unsaturated/α-hetero) is 1. The lowest BCUT2D eigenvalue weighted by molar-refractivity contribution is -0.141. The van der Waals surface area contributed by atoms with Gasteiger partial charge in [-0.05, 0) is 37.1 Å². The van der Waals surface area contributed by atoms with Crippen LogP contribution in [0.3, 0.4) is 0 Å². The van der Waals surface area contributed by atoms with Crippen LogP contribution in [0.1, 0.15) is 43.0 Å². The van der Waals surface area contributed by atoms with Crippen LogP contribution in [0.2, 0.25) is 0 Å². The van der Waals surface area contributed by atoms with Crippen molar-refractivity contribution in [2.24, 2.45) is 11.8 Å². The highest BCUT2D eigenvalue weighted by Gasteiger charge is 2.46. The number of fused-ring (bicyclic) bond motifs is 1. The van der Waals surface area contributed by atoms with Crippen LogP contribution < -0.4 is 4.74 Å². The molecule has 0 unspecified atom stereocenters. The molecule has 0 bridgehead atoms. The lowest BCUT2D eigenvalue weighted by atomic mass is 9.85. The molecule has 1 aromatic rings. The number of carbonyl (C=O) groups excluding carboxylic acids is 4. The zero-order chi connectivity index (χ0) is 18.7. The predicted octanol–water partition coefficient (Wildman–Crippen LogP) is 2.53. The smallest absolute Gasteiger partial charge is 0.312 e. The molecule has 1 aromatic carbocycles. The van der Waals surface area contributed by atoms with Crippen molar-refractivity contribution in [3.63, 3.8) is 0 Å². The van der Waals surface area contributed by atoms with Crippen LogP contribution in [0, 0.1) is 11.8 Å². The highest BCUT2D eigenvalue weighted by Crippen LogP contribution is 2.35. The van der Waals surface area contributed by atoms with E-state index in [2.05, 4.69) is 0 Å². The van der Waals surface area contributed by atoms with Gasteiger partial charge in [0.25, 0.3) is 0 Å². The van der Waals surface area contributed by atoms with E-state index >= 15 is 0 Å². The van der Waals surface area contributed by atoms with E-state index in [9.17, 15) is 19.2 Å². The number of nitrogens with zero attached hydrogens (tertiary/aromatic N) is 1. The number of rotatable bonds is 6. The molecule has 2 amide bonds. The monoisotopic (exact) mass is 355 g/mol. The van der Waals surface area contributed by atoms with Gasteiger partial charge in [0.15, 0.2) is 5.78 Å². The lowest BCUT2D eigenvalue weighted by Gasteiger charge is -2.14. The van der Waals surface area contributed by atoms with Gasteiger partial charge in [0.1, 0.15) is 5.75 Å². The molecule has 0 saturated carbocycles. The summed E-state index contributed by atoms with van der Waals surface area (Å²) in [4.78, 5) is 49.5. The van der Waals surface area contributed by atoms with Crippen molar-refractivity contribution in [2.75, 3.05) is 6.54 Å². The van der Waals surface area contributed by atoms with Crippen molar-refractivity contribution in [2.45, 2.75) is 32.6 Å². The standard InChI is InChI=1S/C20H21NO5/c1-2-17(22)13-7-9-14(10-8-13)26-18(23)11-12-21-19(24)15-5-3-4-6-16(15)20(21)25/h3-4,7-10,15-16H,2,5-6,11-12H2,1H3/t15-,16-/m1/s1. The van der Waals surface area contributed by atoms with Gasteiger partial charge >= 0.3 is 5.97 Å². The summed E-state index contributed by atoms with van der Waals surface area (Å²) < 4.78 is 5.22. The Morgan fingerprint density at radius 1 is 1.04 bits per heavy atom. The first-order valence-corrected chi connectivity index (χ1v) is 8.85. The summed E-state index contributed by atoms with van der Waals surface area (Å²) in [5, 5.41) is 0. The van der Waals surface area contributed by atoms with E-state index in [1.54, 1.807) is 31.2 Å². The first kappa shape index (κ1) is 18.0. The third-order valence-electron chi connectivity index (χ3n) is 4.87. The number of ketones is 1. The molecule has 0 N–H and O–H groups in total. The van der Waals surface area contributed by atoms with Gasteiger partial charge in [-0.25, -0.2) is 0 Å². The zero-order valence-corrected chi connectivity index (χ0v) is 14.6. The van der Waals surface area contributed by atoms with Gasteiger partial charge in [0.2, 0.25) is 11.8 Å². The molecular formula is C20H21NO5. The van der Waals surface area contributed by atoms with E-state index in [-0.39, 0.29) is 42.4 Å². The predicted molar refractivity (Wildman–Crippen MR) is 93.4 cm³/mol. The number of likely N-dealkylation sites (tertiary alicyclic amines) is 1. The van der Waals surface area contributed by atoms with Gasteiger partial charge in [0, 0.05) is 18.5 Å². The number of esters is 1. The molecule has 0 spiro atoms. The average Bonchev–Trinajstić information content (AvgIpc) is 2.91. The Morgan fingerprint density at radius 3 is 2.15 bits per heavy atom. The van der Waals surface area contributed by atoms with Crippen LogP contribution in [0.25, 0.3) is 0 Å². The van der Waals surface area contributed by atoms with Crippen molar-refractivity contribution in [1.82, 2.24) is 4.90 Å². The van der Waals surface area contributed by atoms with Crippen LogP contribution in [0.5, 0.6) is 5.75 Å². The second-order valence-electron chi connectivity index (χ2n) is 6.51. The van der Waals surface area contributed by atoms with Gasteiger partial charge < -0.3 is 4.74 Å². The number of ether oxygens (including phenoxy) is 1. The molecule has 0 radical (unpaired) electrons. The van der Waals surface area contributed by atoms with Crippen molar-refractivity contribution in [3.8, 4) is 5.75 Å². The molecule has 3 rings (SSSR count). The Bertz CT molecular complexity index is 739. The third-order valence-corrected chi connectivity index (χ3v) is 4.87. The summed E-state index contributed by atoms with van der Waals surface area (Å²) in [6.45, 7) is 1.82. The topological polar surface area (TPSA) is 80.8 Å². The SMILES string of the molecule is CCC(=O)c1ccc(OC(=O)CCN2C(=O)[C@@H]3CC=CC[C@H]3C2=O)cc1. The number of benzene rings is 1. The second-order valence-corrected chi connectivity index (χ2v) is 6.51. The van der Waals surface area contributed by atoms with Crippen molar-refractivity contribution in [1.29, 1.82) is 0 Å². The highest BCUT2D eigenvalue weighted by molar-refractivity contribution is 6.05. The average molecular weight is 355 g/mol. The molecule has 1 aliphatic carbocycles. The minimum atomic E-state index is -0.520. The molecule has 0 aromatic heterocycles. The van der Waals surface area contributed by atoms with Gasteiger partial charge in [0.05, 0.1) is 18.3 Å². The van der Waals surface area contributed by atoms with Gasteiger partial charge in [-0.3, -0.25) is 24.1 Å². The minimum absolute atomic E-state index is 0.0184. The molecule has 136 valence electrons. The Hall–Kier alpha value is -2.76. The fourth-order valence-corrected chi connectivity index (χ4v) is 3.39. The van der Waals surface area contributed by atoms with Crippen molar-refractivity contribution in [3.05, 3.63) is 42.0 Å². The molecule has 1 aliphatic heterocycles. The maximum absolute atomic E-state index is 12.3. The third kappa shape index (κ3) is 3.59. The van der Waals surface area contributed by atoms with Gasteiger partial charge in [-0.15, -0.1) is 0 Å². The summed E-state index contributed by atoms with van der Waals surface area (Å²) >= 11 is 0.